The van der Waals surface area contributed by atoms with Gasteiger partial charge in [0.2, 0.25) is 0 Å². The topological polar surface area (TPSA) is 26.0 Å². The van der Waals surface area contributed by atoms with E-state index in [4.69, 9.17) is 5.73 Å². The molecule has 1 nitrogen and oxygen atoms in total. The Labute approximate surface area is 78.6 Å². The zero-order chi connectivity index (χ0) is 8.81. The fourth-order valence-corrected chi connectivity index (χ4v) is 2.26. The summed E-state index contributed by atoms with van der Waals surface area (Å²) in [5.41, 5.74) is 5.48. The van der Waals surface area contributed by atoms with Crippen molar-refractivity contribution < 1.29 is 0 Å². The van der Waals surface area contributed by atoms with Gasteiger partial charge in [0, 0.05) is 9.75 Å². The highest BCUT2D eigenvalue weighted by Crippen LogP contribution is 2.18. The molecular formula is C10H17NS. The Bertz CT molecular complexity index is 217. The van der Waals surface area contributed by atoms with Gasteiger partial charge in [-0.05, 0) is 37.9 Å². The minimum Gasteiger partial charge on any atom is -0.330 e. The van der Waals surface area contributed by atoms with Crippen molar-refractivity contribution in [2.45, 2.75) is 32.6 Å². The molecule has 0 aliphatic heterocycles. The fourth-order valence-electron chi connectivity index (χ4n) is 1.18. The average molecular weight is 183 g/mol. The smallest absolute Gasteiger partial charge is 0.00607 e. The van der Waals surface area contributed by atoms with Crippen LogP contribution in [0.3, 0.4) is 0 Å². The van der Waals surface area contributed by atoms with E-state index in [0.29, 0.717) is 0 Å². The van der Waals surface area contributed by atoms with E-state index in [0.717, 1.165) is 13.0 Å². The van der Waals surface area contributed by atoms with Crippen LogP contribution >= 0.6 is 11.3 Å². The zero-order valence-corrected chi connectivity index (χ0v) is 8.49. The van der Waals surface area contributed by atoms with Crippen LogP contribution in [0.2, 0.25) is 0 Å². The Hall–Kier alpha value is -0.340. The van der Waals surface area contributed by atoms with Gasteiger partial charge in [0.1, 0.15) is 0 Å². The molecule has 0 aliphatic carbocycles. The summed E-state index contributed by atoms with van der Waals surface area (Å²) < 4.78 is 0. The lowest BCUT2D eigenvalue weighted by atomic mass is 10.2. The summed E-state index contributed by atoms with van der Waals surface area (Å²) in [5, 5.41) is 0. The van der Waals surface area contributed by atoms with Crippen LogP contribution in [0.5, 0.6) is 0 Å². The molecule has 1 rings (SSSR count). The standard InChI is InChI=1S/C10H17NS/c1-2-3-4-9-5-6-10(12-9)7-8-11/h5-6H,2-4,7-8,11H2,1H3. The van der Waals surface area contributed by atoms with E-state index in [1.54, 1.807) is 0 Å². The summed E-state index contributed by atoms with van der Waals surface area (Å²) in [5.74, 6) is 0. The van der Waals surface area contributed by atoms with E-state index in [2.05, 4.69) is 19.1 Å². The second-order valence-electron chi connectivity index (χ2n) is 3.01. The van der Waals surface area contributed by atoms with Gasteiger partial charge in [-0.15, -0.1) is 11.3 Å². The number of hydrogen-bond donors (Lipinski definition) is 1. The monoisotopic (exact) mass is 183 g/mol. The van der Waals surface area contributed by atoms with E-state index >= 15 is 0 Å². The normalized spacial score (nSPS) is 10.5. The first kappa shape index (κ1) is 9.75. The third kappa shape index (κ3) is 2.95. The van der Waals surface area contributed by atoms with E-state index in [-0.39, 0.29) is 0 Å². The van der Waals surface area contributed by atoms with Crippen molar-refractivity contribution in [2.24, 2.45) is 5.73 Å². The number of hydrogen-bond acceptors (Lipinski definition) is 2. The van der Waals surface area contributed by atoms with Crippen LogP contribution in [0.4, 0.5) is 0 Å². The van der Waals surface area contributed by atoms with Crippen molar-refractivity contribution in [3.63, 3.8) is 0 Å². The van der Waals surface area contributed by atoms with Gasteiger partial charge in [0.25, 0.3) is 0 Å². The molecular weight excluding hydrogens is 166 g/mol. The molecule has 0 fully saturated rings. The Morgan fingerprint density at radius 3 is 2.50 bits per heavy atom. The van der Waals surface area contributed by atoms with Crippen molar-refractivity contribution >= 4 is 11.3 Å². The van der Waals surface area contributed by atoms with Crippen LogP contribution in [0.25, 0.3) is 0 Å². The van der Waals surface area contributed by atoms with Gasteiger partial charge in [-0.1, -0.05) is 13.3 Å². The molecule has 0 spiro atoms. The summed E-state index contributed by atoms with van der Waals surface area (Å²) >= 11 is 1.92. The molecule has 1 aromatic rings. The van der Waals surface area contributed by atoms with Crippen LogP contribution in [0.15, 0.2) is 12.1 Å². The maximum atomic E-state index is 5.48. The van der Waals surface area contributed by atoms with E-state index in [9.17, 15) is 0 Å². The number of unbranched alkanes of at least 4 members (excludes halogenated alkanes) is 1. The number of thiophene rings is 1. The van der Waals surface area contributed by atoms with Gasteiger partial charge in [-0.3, -0.25) is 0 Å². The maximum Gasteiger partial charge on any atom is 0.00607 e. The summed E-state index contributed by atoms with van der Waals surface area (Å²) in [4.78, 5) is 2.95. The minimum atomic E-state index is 0.772. The highest BCUT2D eigenvalue weighted by Gasteiger charge is 1.98. The van der Waals surface area contributed by atoms with Crippen LogP contribution in [-0.4, -0.2) is 6.54 Å². The molecule has 0 aliphatic rings. The predicted molar refractivity (Wildman–Crippen MR) is 55.7 cm³/mol. The highest BCUT2D eigenvalue weighted by atomic mass is 32.1. The Balaban J connectivity index is 2.41. The molecule has 0 unspecified atom stereocenters. The summed E-state index contributed by atoms with van der Waals surface area (Å²) in [6.45, 7) is 3.00. The molecule has 0 bridgehead atoms. The lowest BCUT2D eigenvalue weighted by Gasteiger charge is -1.92. The molecule has 12 heavy (non-hydrogen) atoms. The first-order valence-corrected chi connectivity index (χ1v) is 5.46. The number of aryl methyl sites for hydroxylation is 1. The van der Waals surface area contributed by atoms with Crippen LogP contribution in [0.1, 0.15) is 29.5 Å². The molecule has 0 atom stereocenters. The van der Waals surface area contributed by atoms with Crippen LogP contribution in [0, 0.1) is 0 Å². The Kier molecular flexibility index (Phi) is 4.33. The van der Waals surface area contributed by atoms with E-state index in [1.165, 1.54) is 29.0 Å². The maximum absolute atomic E-state index is 5.48. The van der Waals surface area contributed by atoms with Crippen molar-refractivity contribution in [2.75, 3.05) is 6.54 Å². The molecule has 0 radical (unpaired) electrons. The lowest BCUT2D eigenvalue weighted by Crippen LogP contribution is -2.00. The first-order chi connectivity index (χ1) is 5.86. The Morgan fingerprint density at radius 2 is 1.92 bits per heavy atom. The molecule has 0 saturated heterocycles. The van der Waals surface area contributed by atoms with E-state index in [1.807, 2.05) is 11.3 Å². The fraction of sp³-hybridized carbons (Fsp3) is 0.600. The van der Waals surface area contributed by atoms with Gasteiger partial charge < -0.3 is 5.73 Å². The molecule has 1 aromatic heterocycles. The second kappa shape index (κ2) is 5.33. The second-order valence-corrected chi connectivity index (χ2v) is 4.26. The first-order valence-electron chi connectivity index (χ1n) is 4.64. The molecule has 68 valence electrons. The van der Waals surface area contributed by atoms with Gasteiger partial charge >= 0.3 is 0 Å². The SMILES string of the molecule is CCCCc1ccc(CCN)s1. The average Bonchev–Trinajstić information content (AvgIpc) is 2.50. The zero-order valence-electron chi connectivity index (χ0n) is 7.68. The summed E-state index contributed by atoms with van der Waals surface area (Å²) in [6.07, 6.45) is 4.87. The van der Waals surface area contributed by atoms with Crippen molar-refractivity contribution in [1.29, 1.82) is 0 Å². The van der Waals surface area contributed by atoms with Crippen molar-refractivity contribution in [3.05, 3.63) is 21.9 Å². The highest BCUT2D eigenvalue weighted by molar-refractivity contribution is 7.11. The van der Waals surface area contributed by atoms with Crippen molar-refractivity contribution in [1.82, 2.24) is 0 Å². The van der Waals surface area contributed by atoms with E-state index < -0.39 is 0 Å². The molecule has 0 saturated carbocycles. The Morgan fingerprint density at radius 1 is 1.25 bits per heavy atom. The third-order valence-corrected chi connectivity index (χ3v) is 3.09. The number of rotatable bonds is 5. The van der Waals surface area contributed by atoms with Gasteiger partial charge in [0.15, 0.2) is 0 Å². The molecule has 2 heteroatoms. The van der Waals surface area contributed by atoms with Gasteiger partial charge in [0.05, 0.1) is 0 Å². The quantitative estimate of drug-likeness (QED) is 0.746. The number of nitrogens with two attached hydrogens (primary N) is 1. The summed E-state index contributed by atoms with van der Waals surface area (Å²) in [6, 6.07) is 4.45. The predicted octanol–water partition coefficient (Wildman–Crippen LogP) is 2.59. The minimum absolute atomic E-state index is 0.772. The summed E-state index contributed by atoms with van der Waals surface area (Å²) in [7, 11) is 0. The van der Waals surface area contributed by atoms with Gasteiger partial charge in [-0.2, -0.15) is 0 Å². The van der Waals surface area contributed by atoms with Gasteiger partial charge in [-0.25, -0.2) is 0 Å². The molecule has 0 amide bonds. The van der Waals surface area contributed by atoms with Crippen LogP contribution < -0.4 is 5.73 Å². The van der Waals surface area contributed by atoms with Crippen molar-refractivity contribution in [3.8, 4) is 0 Å². The molecule has 0 aromatic carbocycles. The molecule has 1 heterocycles. The molecule has 2 N–H and O–H groups in total. The lowest BCUT2D eigenvalue weighted by molar-refractivity contribution is 0.804. The van der Waals surface area contributed by atoms with Crippen LogP contribution in [-0.2, 0) is 12.8 Å². The third-order valence-electron chi connectivity index (χ3n) is 1.88. The largest absolute Gasteiger partial charge is 0.330 e.